The van der Waals surface area contributed by atoms with Gasteiger partial charge in [0.05, 0.1) is 17.1 Å². The van der Waals surface area contributed by atoms with Crippen molar-refractivity contribution < 1.29 is 0 Å². The first-order valence-corrected chi connectivity index (χ1v) is 7.65. The molecule has 0 bridgehead atoms. The Balaban J connectivity index is 1.87. The Labute approximate surface area is 136 Å². The minimum atomic E-state index is 0.763. The molecule has 2 N–H and O–H groups in total. The Morgan fingerprint density at radius 3 is 2.39 bits per heavy atom. The fourth-order valence-electron chi connectivity index (χ4n) is 2.99. The second-order valence-electron chi connectivity index (χ2n) is 5.60. The summed E-state index contributed by atoms with van der Waals surface area (Å²) in [6.07, 6.45) is 0.889. The second kappa shape index (κ2) is 5.55. The maximum absolute atomic E-state index is 6.25. The third-order valence-corrected chi connectivity index (χ3v) is 4.07. The number of para-hydroxylation sites is 2. The second-order valence-corrected chi connectivity index (χ2v) is 5.60. The Hall–Kier alpha value is -3.18. The number of hydrogen-bond acceptors (Lipinski definition) is 2. The van der Waals surface area contributed by atoms with Gasteiger partial charge in [-0.15, -0.1) is 0 Å². The van der Waals surface area contributed by atoms with Crippen molar-refractivity contribution in [3.8, 4) is 12.0 Å². The van der Waals surface area contributed by atoms with Crippen LogP contribution in [0.1, 0.15) is 16.7 Å². The van der Waals surface area contributed by atoms with E-state index in [2.05, 4.69) is 36.2 Å². The predicted molar refractivity (Wildman–Crippen MR) is 95.6 cm³/mol. The number of nitrogen functional groups attached to an aromatic ring is 1. The molecule has 0 spiro atoms. The van der Waals surface area contributed by atoms with Crippen LogP contribution in [0.15, 0.2) is 72.8 Å². The highest BCUT2D eigenvalue weighted by atomic mass is 15.1. The van der Waals surface area contributed by atoms with Crippen molar-refractivity contribution in [3.63, 3.8) is 0 Å². The van der Waals surface area contributed by atoms with Gasteiger partial charge in [-0.3, -0.25) is 4.90 Å². The summed E-state index contributed by atoms with van der Waals surface area (Å²) in [4.78, 5) is 2.02. The van der Waals surface area contributed by atoms with Crippen molar-refractivity contribution in [2.75, 3.05) is 10.6 Å². The molecule has 0 unspecified atom stereocenters. The number of nitrogens with two attached hydrogens (primary N) is 1. The number of benzene rings is 3. The molecule has 0 amide bonds. The molecule has 0 radical (unpaired) electrons. The molecule has 0 saturated heterocycles. The van der Waals surface area contributed by atoms with E-state index in [1.807, 2.05) is 53.4 Å². The topological polar surface area (TPSA) is 29.3 Å². The highest BCUT2D eigenvalue weighted by molar-refractivity contribution is 5.85. The predicted octanol–water partition coefficient (Wildman–Crippen LogP) is 4.32. The number of rotatable bonds is 0. The van der Waals surface area contributed by atoms with Crippen molar-refractivity contribution in [1.29, 1.82) is 0 Å². The molecular formula is C21H16N2. The maximum Gasteiger partial charge on any atom is 0.0810 e. The fourth-order valence-corrected chi connectivity index (χ4v) is 2.99. The molecule has 0 aromatic heterocycles. The first-order valence-electron chi connectivity index (χ1n) is 7.65. The van der Waals surface area contributed by atoms with E-state index >= 15 is 0 Å². The van der Waals surface area contributed by atoms with Crippen molar-refractivity contribution in [3.05, 3.63) is 89.5 Å². The van der Waals surface area contributed by atoms with E-state index in [0.29, 0.717) is 0 Å². The van der Waals surface area contributed by atoms with Crippen molar-refractivity contribution in [1.82, 2.24) is 0 Å². The average molecular weight is 296 g/mol. The lowest BCUT2D eigenvalue weighted by Crippen LogP contribution is -2.19. The Kier molecular flexibility index (Phi) is 3.25. The largest absolute Gasteiger partial charge is 0.397 e. The number of hydrogen-bond donors (Lipinski definition) is 1. The molecule has 0 saturated carbocycles. The molecule has 4 rings (SSSR count). The lowest BCUT2D eigenvalue weighted by atomic mass is 9.95. The third-order valence-electron chi connectivity index (χ3n) is 4.07. The monoisotopic (exact) mass is 296 g/mol. The Morgan fingerprint density at radius 1 is 0.783 bits per heavy atom. The lowest BCUT2D eigenvalue weighted by molar-refractivity contribution is 1.10. The molecule has 1 aliphatic rings. The Bertz CT molecular complexity index is 917. The Morgan fingerprint density at radius 2 is 1.52 bits per heavy atom. The summed E-state index contributed by atoms with van der Waals surface area (Å²) in [7, 11) is 0. The maximum atomic E-state index is 6.25. The van der Waals surface area contributed by atoms with E-state index in [1.165, 1.54) is 11.1 Å². The highest BCUT2D eigenvalue weighted by Crippen LogP contribution is 2.41. The molecule has 3 aromatic rings. The summed E-state index contributed by atoms with van der Waals surface area (Å²) in [6.45, 7) is 0. The minimum absolute atomic E-state index is 0.763. The zero-order valence-electron chi connectivity index (χ0n) is 12.7. The van der Waals surface area contributed by atoms with E-state index < -0.39 is 0 Å². The molecule has 3 aromatic carbocycles. The number of anilines is 3. The number of fused-ring (bicyclic) bond motifs is 2. The van der Waals surface area contributed by atoms with Crippen molar-refractivity contribution in [2.24, 2.45) is 0 Å². The first kappa shape index (κ1) is 13.5. The van der Waals surface area contributed by atoms with Gasteiger partial charge in [0.2, 0.25) is 0 Å². The molecule has 1 aliphatic heterocycles. The van der Waals surface area contributed by atoms with Gasteiger partial charge in [0.1, 0.15) is 0 Å². The van der Waals surface area contributed by atoms with Gasteiger partial charge in [-0.2, -0.15) is 0 Å². The van der Waals surface area contributed by atoms with E-state index in [0.717, 1.165) is 29.0 Å². The van der Waals surface area contributed by atoms with E-state index in [4.69, 9.17) is 5.73 Å². The summed E-state index contributed by atoms with van der Waals surface area (Å²) in [5.74, 6) is 3.24. The van der Waals surface area contributed by atoms with E-state index in [9.17, 15) is 0 Å². The summed E-state index contributed by atoms with van der Waals surface area (Å²) in [5, 5.41) is 0. The summed E-state index contributed by atoms with van der Waals surface area (Å²) < 4.78 is 0. The zero-order valence-corrected chi connectivity index (χ0v) is 12.7. The lowest BCUT2D eigenvalue weighted by Gasteiger charge is -2.29. The van der Waals surface area contributed by atoms with Crippen LogP contribution in [0.4, 0.5) is 17.1 Å². The molecule has 0 atom stereocenters. The molecule has 1 heterocycles. The summed E-state index contributed by atoms with van der Waals surface area (Å²) in [5.41, 5.74) is 12.6. The van der Waals surface area contributed by atoms with Crippen LogP contribution >= 0.6 is 0 Å². The van der Waals surface area contributed by atoms with Gasteiger partial charge in [-0.05, 0) is 41.3 Å². The van der Waals surface area contributed by atoms with Crippen LogP contribution in [0.5, 0.6) is 0 Å². The van der Waals surface area contributed by atoms with Gasteiger partial charge >= 0.3 is 0 Å². The van der Waals surface area contributed by atoms with Gasteiger partial charge in [0.15, 0.2) is 0 Å². The summed E-state index contributed by atoms with van der Waals surface area (Å²) in [6, 6.07) is 27.7. The van der Waals surface area contributed by atoms with Crippen LogP contribution in [-0.4, -0.2) is 0 Å². The smallest absolute Gasteiger partial charge is 0.0810 e. The van der Waals surface area contributed by atoms with Gasteiger partial charge in [0, 0.05) is 18.0 Å². The molecular weight excluding hydrogens is 280 g/mol. The van der Waals surface area contributed by atoms with Crippen molar-refractivity contribution in [2.45, 2.75) is 6.42 Å². The van der Waals surface area contributed by atoms with E-state index in [1.54, 1.807) is 0 Å². The van der Waals surface area contributed by atoms with Crippen LogP contribution in [0, 0.1) is 12.0 Å². The fraction of sp³-hybridized carbons (Fsp3) is 0.0476. The van der Waals surface area contributed by atoms with Crippen LogP contribution < -0.4 is 10.6 Å². The van der Waals surface area contributed by atoms with Gasteiger partial charge in [0.25, 0.3) is 0 Å². The molecule has 0 fully saturated rings. The molecule has 2 nitrogen and oxygen atoms in total. The molecule has 23 heavy (non-hydrogen) atoms. The number of nitrogens with zero attached hydrogens (tertiary/aromatic N) is 1. The normalized spacial score (nSPS) is 11.9. The molecule has 0 aliphatic carbocycles. The minimum Gasteiger partial charge on any atom is -0.397 e. The van der Waals surface area contributed by atoms with Crippen LogP contribution in [0.25, 0.3) is 0 Å². The summed E-state index contributed by atoms with van der Waals surface area (Å²) >= 11 is 0. The average Bonchev–Trinajstić information content (AvgIpc) is 2.60. The van der Waals surface area contributed by atoms with Crippen molar-refractivity contribution >= 4 is 17.1 Å². The van der Waals surface area contributed by atoms with Gasteiger partial charge in [-0.25, -0.2) is 0 Å². The van der Waals surface area contributed by atoms with Gasteiger partial charge < -0.3 is 5.73 Å². The van der Waals surface area contributed by atoms with E-state index in [-0.39, 0.29) is 0 Å². The highest BCUT2D eigenvalue weighted by Gasteiger charge is 2.23. The van der Waals surface area contributed by atoms with Crippen LogP contribution in [0.2, 0.25) is 0 Å². The third kappa shape index (κ3) is 2.43. The molecule has 2 heteroatoms. The van der Waals surface area contributed by atoms with Crippen LogP contribution in [-0.2, 0) is 6.42 Å². The van der Waals surface area contributed by atoms with Crippen LogP contribution in [0.3, 0.4) is 0 Å². The standard InChI is InChI=1S/C21H16N2/c22-19-11-6-10-18-15-17-9-4-5-12-20(17)23(21(18)19)14-13-16-7-2-1-3-8-16/h1-12H,15,22H2. The first-order chi connectivity index (χ1) is 11.3. The van der Waals surface area contributed by atoms with Gasteiger partial charge in [-0.1, -0.05) is 48.5 Å². The quantitative estimate of drug-likeness (QED) is 0.494. The zero-order chi connectivity index (χ0) is 15.6. The SMILES string of the molecule is Nc1cccc2c1N(C#Cc1ccccc1)c1ccccc1C2. The molecule has 110 valence electrons.